The van der Waals surface area contributed by atoms with Gasteiger partial charge in [-0.2, -0.15) is 4.31 Å². The fourth-order valence-corrected chi connectivity index (χ4v) is 3.91. The number of rotatable bonds is 3. The summed E-state index contributed by atoms with van der Waals surface area (Å²) in [5.41, 5.74) is 5.10. The maximum atomic E-state index is 13.8. The van der Waals surface area contributed by atoms with E-state index in [1.165, 1.54) is 17.0 Å². The van der Waals surface area contributed by atoms with Crippen molar-refractivity contribution in [1.29, 1.82) is 0 Å². The summed E-state index contributed by atoms with van der Waals surface area (Å²) in [4.78, 5) is 12.4. The average Bonchev–Trinajstić information content (AvgIpc) is 2.41. The van der Waals surface area contributed by atoms with Crippen molar-refractivity contribution in [2.45, 2.75) is 4.90 Å². The summed E-state index contributed by atoms with van der Waals surface area (Å²) in [6.07, 6.45) is 0. The van der Waals surface area contributed by atoms with E-state index >= 15 is 0 Å². The Bertz CT molecular complexity index is 706. The van der Waals surface area contributed by atoms with E-state index in [1.807, 2.05) is 0 Å². The highest BCUT2D eigenvalue weighted by molar-refractivity contribution is 7.89. The van der Waals surface area contributed by atoms with Gasteiger partial charge in [0, 0.05) is 20.1 Å². The molecule has 0 bridgehead atoms. The van der Waals surface area contributed by atoms with Crippen molar-refractivity contribution in [2.75, 3.05) is 26.7 Å². The first-order valence-corrected chi connectivity index (χ1v) is 7.92. The van der Waals surface area contributed by atoms with Gasteiger partial charge in [0.2, 0.25) is 15.9 Å². The van der Waals surface area contributed by atoms with Crippen molar-refractivity contribution in [3.8, 4) is 0 Å². The lowest BCUT2D eigenvalue weighted by molar-refractivity contribution is -0.132. The van der Waals surface area contributed by atoms with Gasteiger partial charge in [0.15, 0.2) is 0 Å². The van der Waals surface area contributed by atoms with Crippen molar-refractivity contribution < 1.29 is 17.6 Å². The van der Waals surface area contributed by atoms with Crippen LogP contribution in [-0.4, -0.2) is 55.2 Å². The molecule has 1 aromatic carbocycles. The first-order chi connectivity index (χ1) is 9.75. The number of nitrogens with zero attached hydrogens (tertiary/aromatic N) is 2. The summed E-state index contributed by atoms with van der Waals surface area (Å²) >= 11 is 4.73. The molecule has 0 saturated carbocycles. The lowest BCUT2D eigenvalue weighted by atomic mass is 10.2. The molecule has 114 valence electrons. The number of thiocarbonyl (C=S) groups is 1. The summed E-state index contributed by atoms with van der Waals surface area (Å²) in [7, 11) is -2.45. The Morgan fingerprint density at radius 2 is 2.05 bits per heavy atom. The van der Waals surface area contributed by atoms with E-state index in [4.69, 9.17) is 18.0 Å². The lowest BCUT2D eigenvalue weighted by Crippen LogP contribution is -2.50. The van der Waals surface area contributed by atoms with Crippen LogP contribution in [0.2, 0.25) is 0 Å². The highest BCUT2D eigenvalue weighted by Crippen LogP contribution is 2.23. The highest BCUT2D eigenvalue weighted by Gasteiger charge is 2.34. The zero-order valence-electron chi connectivity index (χ0n) is 11.2. The zero-order valence-corrected chi connectivity index (χ0v) is 12.9. The van der Waals surface area contributed by atoms with E-state index < -0.39 is 15.8 Å². The molecule has 0 aliphatic carbocycles. The van der Waals surface area contributed by atoms with Crippen LogP contribution in [0.4, 0.5) is 4.39 Å². The maximum Gasteiger partial charge on any atom is 0.244 e. The quantitative estimate of drug-likeness (QED) is 0.784. The molecule has 9 heteroatoms. The van der Waals surface area contributed by atoms with Gasteiger partial charge in [-0.05, 0) is 12.1 Å². The lowest BCUT2D eigenvalue weighted by Gasteiger charge is -2.31. The fraction of sp³-hybridized carbons (Fsp3) is 0.333. The van der Waals surface area contributed by atoms with Gasteiger partial charge in [-0.25, -0.2) is 12.8 Å². The summed E-state index contributed by atoms with van der Waals surface area (Å²) in [5.74, 6) is -1.12. The Balaban J connectivity index is 2.48. The molecule has 1 heterocycles. The van der Waals surface area contributed by atoms with Crippen molar-refractivity contribution in [3.63, 3.8) is 0 Å². The number of hydrogen-bond acceptors (Lipinski definition) is 4. The molecule has 0 unspecified atom stereocenters. The van der Waals surface area contributed by atoms with Gasteiger partial charge in [-0.3, -0.25) is 4.79 Å². The van der Waals surface area contributed by atoms with Crippen LogP contribution in [0.15, 0.2) is 23.1 Å². The molecule has 1 fully saturated rings. The van der Waals surface area contributed by atoms with Crippen molar-refractivity contribution in [1.82, 2.24) is 9.21 Å². The summed E-state index contributed by atoms with van der Waals surface area (Å²) in [6.45, 7) is 0.125. The minimum atomic E-state index is -4.04. The molecule has 1 amide bonds. The van der Waals surface area contributed by atoms with Gasteiger partial charge < -0.3 is 10.6 Å². The van der Waals surface area contributed by atoms with Gasteiger partial charge in [-0.15, -0.1) is 0 Å². The predicted molar refractivity (Wildman–Crippen MR) is 78.7 cm³/mol. The normalized spacial score (nSPS) is 17.0. The molecule has 21 heavy (non-hydrogen) atoms. The van der Waals surface area contributed by atoms with Gasteiger partial charge in [0.1, 0.15) is 10.8 Å². The number of carbonyl (C=O) groups excluding carboxylic acids is 1. The molecule has 1 aliphatic heterocycles. The molecular weight excluding hydrogens is 317 g/mol. The van der Waals surface area contributed by atoms with Crippen LogP contribution >= 0.6 is 12.2 Å². The van der Waals surface area contributed by atoms with Crippen LogP contribution < -0.4 is 5.73 Å². The van der Waals surface area contributed by atoms with Gasteiger partial charge in [-0.1, -0.05) is 18.3 Å². The molecule has 0 radical (unpaired) electrons. The van der Waals surface area contributed by atoms with Crippen LogP contribution in [0.3, 0.4) is 0 Å². The molecule has 1 aliphatic rings. The minimum absolute atomic E-state index is 0.137. The number of carbonyl (C=O) groups is 1. The standard InChI is InChI=1S/C12H14FN3O3S2/c1-15-5-6-16(7-10(15)17)21(18,19)9-4-2-3-8(13)11(9)12(14)20/h2-4H,5-7H2,1H3,(H2,14,20). The van der Waals surface area contributed by atoms with Crippen molar-refractivity contribution >= 4 is 33.1 Å². The van der Waals surface area contributed by atoms with Gasteiger partial charge in [0.25, 0.3) is 0 Å². The van der Waals surface area contributed by atoms with Gasteiger partial charge >= 0.3 is 0 Å². The van der Waals surface area contributed by atoms with Crippen LogP contribution in [-0.2, 0) is 14.8 Å². The Morgan fingerprint density at radius 1 is 1.38 bits per heavy atom. The summed E-state index contributed by atoms with van der Waals surface area (Å²) in [5, 5.41) is 0. The Kier molecular flexibility index (Phi) is 4.26. The van der Waals surface area contributed by atoms with E-state index in [9.17, 15) is 17.6 Å². The van der Waals surface area contributed by atoms with E-state index in [1.54, 1.807) is 7.05 Å². The van der Waals surface area contributed by atoms with Crippen LogP contribution in [0.5, 0.6) is 0 Å². The highest BCUT2D eigenvalue weighted by atomic mass is 32.2. The summed E-state index contributed by atoms with van der Waals surface area (Å²) < 4.78 is 40.0. The Hall–Kier alpha value is -1.58. The van der Waals surface area contributed by atoms with Crippen molar-refractivity contribution in [3.05, 3.63) is 29.6 Å². The van der Waals surface area contributed by atoms with E-state index in [2.05, 4.69) is 0 Å². The first-order valence-electron chi connectivity index (χ1n) is 6.07. The topological polar surface area (TPSA) is 83.7 Å². The molecule has 1 aromatic rings. The van der Waals surface area contributed by atoms with E-state index in [0.29, 0.717) is 0 Å². The van der Waals surface area contributed by atoms with E-state index in [0.717, 1.165) is 10.4 Å². The smallest absolute Gasteiger partial charge is 0.244 e. The van der Waals surface area contributed by atoms with Gasteiger partial charge in [0.05, 0.1) is 17.0 Å². The third kappa shape index (κ3) is 2.89. The molecule has 6 nitrogen and oxygen atoms in total. The van der Waals surface area contributed by atoms with Crippen molar-refractivity contribution in [2.24, 2.45) is 5.73 Å². The molecule has 0 atom stereocenters. The SMILES string of the molecule is CN1CCN(S(=O)(=O)c2cccc(F)c2C(N)=S)CC1=O. The number of halogens is 1. The average molecular weight is 331 g/mol. The molecule has 0 spiro atoms. The molecule has 0 aromatic heterocycles. The summed E-state index contributed by atoms with van der Waals surface area (Å²) in [6, 6.07) is 3.58. The number of hydrogen-bond donors (Lipinski definition) is 1. The fourth-order valence-electron chi connectivity index (χ4n) is 2.04. The largest absolute Gasteiger partial charge is 0.389 e. The first kappa shape index (κ1) is 15.8. The number of likely N-dealkylation sites (N-methyl/N-ethyl adjacent to an activating group) is 1. The third-order valence-electron chi connectivity index (χ3n) is 3.26. The van der Waals surface area contributed by atoms with Crippen LogP contribution in [0.25, 0.3) is 0 Å². The van der Waals surface area contributed by atoms with Crippen LogP contribution in [0, 0.1) is 5.82 Å². The number of sulfonamides is 1. The number of benzene rings is 1. The second kappa shape index (κ2) is 5.66. The predicted octanol–water partition coefficient (Wildman–Crippen LogP) is -0.0774. The second-order valence-electron chi connectivity index (χ2n) is 4.63. The Morgan fingerprint density at radius 3 is 2.62 bits per heavy atom. The number of amides is 1. The van der Waals surface area contributed by atoms with E-state index in [-0.39, 0.29) is 41.0 Å². The Labute approximate surface area is 127 Å². The molecule has 2 N–H and O–H groups in total. The molecule has 1 saturated heterocycles. The zero-order chi connectivity index (χ0) is 15.8. The molecule has 2 rings (SSSR count). The maximum absolute atomic E-state index is 13.8. The third-order valence-corrected chi connectivity index (χ3v) is 5.35. The number of nitrogens with two attached hydrogens (primary N) is 1. The monoisotopic (exact) mass is 331 g/mol. The number of piperazine rings is 1. The second-order valence-corrected chi connectivity index (χ2v) is 6.98. The van der Waals surface area contributed by atoms with Crippen LogP contribution in [0.1, 0.15) is 5.56 Å². The molecular formula is C12H14FN3O3S2. The minimum Gasteiger partial charge on any atom is -0.389 e.